The van der Waals surface area contributed by atoms with E-state index in [4.69, 9.17) is 9.47 Å². The van der Waals surface area contributed by atoms with E-state index in [2.05, 4.69) is 43.3 Å². The van der Waals surface area contributed by atoms with E-state index in [1.807, 2.05) is 6.07 Å². The van der Waals surface area contributed by atoms with E-state index in [1.165, 1.54) is 16.7 Å². The lowest BCUT2D eigenvalue weighted by atomic mass is 9.61. The zero-order valence-electron chi connectivity index (χ0n) is 13.9. The molecule has 0 spiro atoms. The summed E-state index contributed by atoms with van der Waals surface area (Å²) in [7, 11) is 5.83. The number of allylic oxidation sites excluding steroid dienone is 1. The van der Waals surface area contributed by atoms with Gasteiger partial charge in [-0.15, -0.1) is 0 Å². The van der Waals surface area contributed by atoms with Crippen LogP contribution < -0.4 is 9.47 Å². The molecule has 4 rings (SSSR count). The average Bonchev–Trinajstić information content (AvgIpc) is 2.90. The Morgan fingerprint density at radius 1 is 1.35 bits per heavy atom. The van der Waals surface area contributed by atoms with Crippen LogP contribution in [0, 0.1) is 0 Å². The van der Waals surface area contributed by atoms with E-state index in [-0.39, 0.29) is 11.5 Å². The molecular formula is C19H23NO3. The molecule has 0 radical (unpaired) electrons. The van der Waals surface area contributed by atoms with Gasteiger partial charge >= 0.3 is 0 Å². The molecule has 1 aromatic rings. The van der Waals surface area contributed by atoms with Crippen LogP contribution in [0.4, 0.5) is 0 Å². The summed E-state index contributed by atoms with van der Waals surface area (Å²) in [6.45, 7) is 0.938. The monoisotopic (exact) mass is 313 g/mol. The molecule has 3 aliphatic rings. The van der Waals surface area contributed by atoms with E-state index in [9.17, 15) is 5.11 Å². The van der Waals surface area contributed by atoms with Gasteiger partial charge in [-0.25, -0.2) is 0 Å². The zero-order chi connectivity index (χ0) is 16.2. The van der Waals surface area contributed by atoms with Crippen molar-refractivity contribution in [2.45, 2.75) is 30.5 Å². The number of rotatable bonds is 4. The average molecular weight is 313 g/mol. The molecule has 0 amide bonds. The third-order valence-corrected chi connectivity index (χ3v) is 5.39. The van der Waals surface area contributed by atoms with Crippen molar-refractivity contribution in [3.63, 3.8) is 0 Å². The summed E-state index contributed by atoms with van der Waals surface area (Å²) in [6, 6.07) is 4.05. The molecule has 2 aliphatic carbocycles. The molecule has 0 aromatic heterocycles. The van der Waals surface area contributed by atoms with Gasteiger partial charge < -0.3 is 19.5 Å². The molecule has 1 N–H and O–H groups in total. The van der Waals surface area contributed by atoms with Gasteiger partial charge in [0.1, 0.15) is 6.10 Å². The van der Waals surface area contributed by atoms with Crippen molar-refractivity contribution in [2.75, 3.05) is 27.7 Å². The molecule has 1 heterocycles. The van der Waals surface area contributed by atoms with Gasteiger partial charge in [0.15, 0.2) is 11.5 Å². The number of aliphatic hydroxyl groups is 1. The van der Waals surface area contributed by atoms with Crippen molar-refractivity contribution in [3.8, 4) is 11.5 Å². The summed E-state index contributed by atoms with van der Waals surface area (Å²) in [5.41, 5.74) is 3.37. The SMILES string of the molecule is COc1ccc2c3c1O[C@H]1[C@@H](O)CC=C(C=C2)[C@@]31CCN(C)C. The van der Waals surface area contributed by atoms with Crippen LogP contribution in [-0.4, -0.2) is 50.0 Å². The van der Waals surface area contributed by atoms with E-state index in [0.717, 1.165) is 24.5 Å². The van der Waals surface area contributed by atoms with Crippen LogP contribution in [0.5, 0.6) is 11.5 Å². The highest BCUT2D eigenvalue weighted by Gasteiger charge is 2.57. The highest BCUT2D eigenvalue weighted by atomic mass is 16.5. The quantitative estimate of drug-likeness (QED) is 0.926. The first-order valence-electron chi connectivity index (χ1n) is 8.17. The first-order valence-corrected chi connectivity index (χ1v) is 8.17. The molecule has 0 fully saturated rings. The van der Waals surface area contributed by atoms with Gasteiger partial charge in [0.05, 0.1) is 18.6 Å². The summed E-state index contributed by atoms with van der Waals surface area (Å²) >= 11 is 0. The van der Waals surface area contributed by atoms with Gasteiger partial charge in [0, 0.05) is 5.56 Å². The van der Waals surface area contributed by atoms with Crippen LogP contribution in [0.2, 0.25) is 0 Å². The van der Waals surface area contributed by atoms with E-state index >= 15 is 0 Å². The summed E-state index contributed by atoms with van der Waals surface area (Å²) in [4.78, 5) is 2.19. The minimum absolute atomic E-state index is 0.238. The van der Waals surface area contributed by atoms with Gasteiger partial charge in [-0.05, 0) is 50.7 Å². The van der Waals surface area contributed by atoms with Crippen molar-refractivity contribution < 1.29 is 14.6 Å². The molecule has 4 nitrogen and oxygen atoms in total. The lowest BCUT2D eigenvalue weighted by Crippen LogP contribution is -2.51. The number of benzene rings is 1. The fraction of sp³-hybridized carbons (Fsp3) is 0.474. The largest absolute Gasteiger partial charge is 0.493 e. The van der Waals surface area contributed by atoms with E-state index < -0.39 is 6.10 Å². The van der Waals surface area contributed by atoms with Gasteiger partial charge in [-0.2, -0.15) is 0 Å². The number of nitrogens with zero attached hydrogens (tertiary/aromatic N) is 1. The Morgan fingerprint density at radius 2 is 2.17 bits per heavy atom. The predicted octanol–water partition coefficient (Wildman–Crippen LogP) is 2.36. The molecule has 122 valence electrons. The van der Waals surface area contributed by atoms with Crippen LogP contribution in [0.25, 0.3) is 6.08 Å². The lowest BCUT2D eigenvalue weighted by Gasteiger charge is -2.43. The maximum atomic E-state index is 10.6. The van der Waals surface area contributed by atoms with Crippen LogP contribution in [0.3, 0.4) is 0 Å². The van der Waals surface area contributed by atoms with Crippen LogP contribution in [-0.2, 0) is 5.41 Å². The molecule has 1 aromatic carbocycles. The normalized spacial score (nSPS) is 30.0. The summed E-state index contributed by atoms with van der Waals surface area (Å²) < 4.78 is 11.8. The maximum Gasteiger partial charge on any atom is 0.166 e. The zero-order valence-corrected chi connectivity index (χ0v) is 13.9. The van der Waals surface area contributed by atoms with Crippen molar-refractivity contribution >= 4 is 6.08 Å². The fourth-order valence-corrected chi connectivity index (χ4v) is 4.30. The first kappa shape index (κ1) is 14.8. The number of aliphatic hydroxyl groups excluding tert-OH is 1. The van der Waals surface area contributed by atoms with E-state index in [1.54, 1.807) is 7.11 Å². The molecule has 23 heavy (non-hydrogen) atoms. The predicted molar refractivity (Wildman–Crippen MR) is 90.0 cm³/mol. The Kier molecular flexibility index (Phi) is 3.29. The van der Waals surface area contributed by atoms with Crippen molar-refractivity contribution in [1.29, 1.82) is 0 Å². The molecule has 1 aliphatic heterocycles. The molecular weight excluding hydrogens is 290 g/mol. The minimum atomic E-state index is -0.489. The van der Waals surface area contributed by atoms with Crippen molar-refractivity contribution in [3.05, 3.63) is 41.0 Å². The second kappa shape index (κ2) is 5.11. The molecule has 0 saturated heterocycles. The maximum absolute atomic E-state index is 10.6. The molecule has 3 atom stereocenters. The summed E-state index contributed by atoms with van der Waals surface area (Å²) in [5, 5.41) is 10.6. The van der Waals surface area contributed by atoms with Crippen LogP contribution in [0.15, 0.2) is 29.9 Å². The second-order valence-electron chi connectivity index (χ2n) is 6.92. The number of methoxy groups -OCH3 is 1. The first-order chi connectivity index (χ1) is 11.1. The van der Waals surface area contributed by atoms with Crippen LogP contribution in [0.1, 0.15) is 24.0 Å². The van der Waals surface area contributed by atoms with Gasteiger partial charge in [-0.1, -0.05) is 24.3 Å². The second-order valence-corrected chi connectivity index (χ2v) is 6.92. The summed E-state index contributed by atoms with van der Waals surface area (Å²) in [6.07, 6.45) is 7.36. The minimum Gasteiger partial charge on any atom is -0.493 e. The Hall–Kier alpha value is -1.78. The Morgan fingerprint density at radius 3 is 2.91 bits per heavy atom. The summed E-state index contributed by atoms with van der Waals surface area (Å²) in [5.74, 6) is 1.56. The van der Waals surface area contributed by atoms with Gasteiger partial charge in [0.25, 0.3) is 0 Å². The number of hydrogen-bond donors (Lipinski definition) is 1. The molecule has 0 saturated carbocycles. The smallest absolute Gasteiger partial charge is 0.166 e. The fourth-order valence-electron chi connectivity index (χ4n) is 4.30. The standard InChI is InChI=1S/C19H23NO3/c1-20(2)11-10-19-13-6-4-12-5-9-15(22-3)17(16(12)19)23-18(19)14(21)8-7-13/h4-7,9,14,18,21H,8,10-11H2,1-3H3/t14-,18-,19-/m0/s1. The third kappa shape index (κ3) is 1.91. The topological polar surface area (TPSA) is 41.9 Å². The molecule has 0 bridgehead atoms. The third-order valence-electron chi connectivity index (χ3n) is 5.39. The van der Waals surface area contributed by atoms with Crippen molar-refractivity contribution in [2.24, 2.45) is 0 Å². The Bertz CT molecular complexity index is 707. The van der Waals surface area contributed by atoms with Crippen LogP contribution >= 0.6 is 0 Å². The number of hydrogen-bond acceptors (Lipinski definition) is 4. The van der Waals surface area contributed by atoms with Crippen molar-refractivity contribution in [1.82, 2.24) is 4.90 Å². The number of ether oxygens (including phenoxy) is 2. The molecule has 4 heteroatoms. The highest BCUT2D eigenvalue weighted by Crippen LogP contribution is 2.59. The Balaban J connectivity index is 1.95. The van der Waals surface area contributed by atoms with E-state index in [0.29, 0.717) is 6.42 Å². The Labute approximate surface area is 137 Å². The lowest BCUT2D eigenvalue weighted by molar-refractivity contribution is 0.00609. The highest BCUT2D eigenvalue weighted by molar-refractivity contribution is 5.75. The van der Waals surface area contributed by atoms with Gasteiger partial charge in [-0.3, -0.25) is 0 Å². The van der Waals surface area contributed by atoms with Gasteiger partial charge in [0.2, 0.25) is 0 Å². The molecule has 0 unspecified atom stereocenters.